The zero-order valence-corrected chi connectivity index (χ0v) is 11.3. The Morgan fingerprint density at radius 1 is 1.18 bits per heavy atom. The van der Waals surface area contributed by atoms with Crippen molar-refractivity contribution in [1.29, 1.82) is 0 Å². The van der Waals surface area contributed by atoms with Crippen molar-refractivity contribution in [2.75, 3.05) is 13.1 Å². The monoisotopic (exact) mass is 269 g/mol. The van der Waals surface area contributed by atoms with Crippen LogP contribution in [0.4, 0.5) is 0 Å². The minimum Gasteiger partial charge on any atom is -0.316 e. The van der Waals surface area contributed by atoms with Crippen LogP contribution in [-0.2, 0) is 5.41 Å². The Morgan fingerprint density at radius 3 is 2.88 bits per heavy atom. The van der Waals surface area contributed by atoms with Gasteiger partial charge in [-0.15, -0.1) is 0 Å². The molecule has 1 aliphatic heterocycles. The molecule has 0 amide bonds. The van der Waals surface area contributed by atoms with Gasteiger partial charge >= 0.3 is 0 Å². The maximum Gasteiger partial charge on any atom is 0.0595 e. The Kier molecular flexibility index (Phi) is 3.10. The van der Waals surface area contributed by atoms with Crippen LogP contribution in [0.3, 0.4) is 0 Å². The Morgan fingerprint density at radius 2 is 2.06 bits per heavy atom. The number of hydrogen-bond acceptors (Lipinski definition) is 1. The molecule has 2 atom stereocenters. The van der Waals surface area contributed by atoms with E-state index in [0.29, 0.717) is 15.5 Å². The number of benzene rings is 1. The van der Waals surface area contributed by atoms with Crippen LogP contribution in [0.15, 0.2) is 18.2 Å². The summed E-state index contributed by atoms with van der Waals surface area (Å²) in [7, 11) is 0. The fraction of sp³-hybridized carbons (Fsp3) is 0.571. The lowest BCUT2D eigenvalue weighted by atomic mass is 9.64. The van der Waals surface area contributed by atoms with Gasteiger partial charge in [-0.1, -0.05) is 42.1 Å². The minimum atomic E-state index is 0.312. The smallest absolute Gasteiger partial charge is 0.0595 e. The van der Waals surface area contributed by atoms with Crippen molar-refractivity contribution in [2.45, 2.75) is 31.1 Å². The van der Waals surface area contributed by atoms with E-state index in [9.17, 15) is 0 Å². The average molecular weight is 270 g/mol. The molecule has 1 nitrogen and oxygen atoms in total. The Balaban J connectivity index is 2.02. The molecule has 2 unspecified atom stereocenters. The van der Waals surface area contributed by atoms with Gasteiger partial charge < -0.3 is 5.32 Å². The number of fused-ring (bicyclic) bond motifs is 1. The first kappa shape index (κ1) is 11.8. The van der Waals surface area contributed by atoms with Crippen molar-refractivity contribution in [3.63, 3.8) is 0 Å². The third-order valence-corrected chi connectivity index (χ3v) is 5.27. The summed E-state index contributed by atoms with van der Waals surface area (Å²) in [6.45, 7) is 2.25. The summed E-state index contributed by atoms with van der Waals surface area (Å²) in [5.41, 5.74) is 1.69. The molecule has 1 saturated carbocycles. The van der Waals surface area contributed by atoms with Gasteiger partial charge in [0.05, 0.1) is 10.0 Å². The molecule has 1 N–H and O–H groups in total. The predicted octanol–water partition coefficient (Wildman–Crippen LogP) is 4.02. The van der Waals surface area contributed by atoms with Crippen LogP contribution in [0.1, 0.15) is 31.2 Å². The van der Waals surface area contributed by atoms with Gasteiger partial charge in [0.1, 0.15) is 0 Å². The van der Waals surface area contributed by atoms with Crippen LogP contribution in [0.25, 0.3) is 0 Å². The van der Waals surface area contributed by atoms with Crippen LogP contribution < -0.4 is 5.32 Å². The number of hydrogen-bond donors (Lipinski definition) is 1. The molecule has 92 valence electrons. The Hall–Kier alpha value is -0.240. The van der Waals surface area contributed by atoms with E-state index >= 15 is 0 Å². The van der Waals surface area contributed by atoms with E-state index in [2.05, 4.69) is 17.4 Å². The van der Waals surface area contributed by atoms with E-state index in [1.54, 1.807) is 0 Å². The third-order valence-electron chi connectivity index (χ3n) is 4.53. The molecule has 2 aliphatic rings. The highest BCUT2D eigenvalue weighted by Gasteiger charge is 2.45. The molecule has 0 radical (unpaired) electrons. The van der Waals surface area contributed by atoms with E-state index in [-0.39, 0.29) is 0 Å². The second-order valence-corrected chi connectivity index (χ2v) is 6.17. The van der Waals surface area contributed by atoms with Crippen LogP contribution in [-0.4, -0.2) is 13.1 Å². The highest BCUT2D eigenvalue weighted by atomic mass is 35.5. The van der Waals surface area contributed by atoms with Gasteiger partial charge in [-0.2, -0.15) is 0 Å². The molecule has 0 aromatic heterocycles. The predicted molar refractivity (Wildman–Crippen MR) is 73.0 cm³/mol. The van der Waals surface area contributed by atoms with E-state index in [0.717, 1.165) is 19.0 Å². The number of nitrogens with one attached hydrogen (secondary N) is 1. The summed E-state index contributed by atoms with van der Waals surface area (Å²) in [4.78, 5) is 0. The molecule has 1 aromatic carbocycles. The minimum absolute atomic E-state index is 0.312. The first-order valence-corrected chi connectivity index (χ1v) is 7.14. The van der Waals surface area contributed by atoms with E-state index < -0.39 is 0 Å². The van der Waals surface area contributed by atoms with Crippen molar-refractivity contribution in [2.24, 2.45) is 5.92 Å². The van der Waals surface area contributed by atoms with Gasteiger partial charge in [-0.3, -0.25) is 0 Å². The van der Waals surface area contributed by atoms with Crippen molar-refractivity contribution in [3.05, 3.63) is 33.8 Å². The molecular formula is C14H17Cl2N. The van der Waals surface area contributed by atoms with Crippen molar-refractivity contribution in [3.8, 4) is 0 Å². The second kappa shape index (κ2) is 4.46. The fourth-order valence-electron chi connectivity index (χ4n) is 3.60. The van der Waals surface area contributed by atoms with Crippen LogP contribution in [0.5, 0.6) is 0 Å². The lowest BCUT2D eigenvalue weighted by Crippen LogP contribution is -2.37. The van der Waals surface area contributed by atoms with Crippen molar-refractivity contribution < 1.29 is 0 Å². The van der Waals surface area contributed by atoms with E-state index in [1.165, 1.54) is 31.2 Å². The molecule has 1 aliphatic carbocycles. The van der Waals surface area contributed by atoms with Gasteiger partial charge in [0, 0.05) is 12.0 Å². The first-order chi connectivity index (χ1) is 8.22. The largest absolute Gasteiger partial charge is 0.316 e. The Bertz CT molecular complexity index is 432. The molecule has 3 rings (SSSR count). The lowest BCUT2D eigenvalue weighted by molar-refractivity contribution is 0.243. The van der Waals surface area contributed by atoms with Gasteiger partial charge in [0.2, 0.25) is 0 Å². The molecule has 17 heavy (non-hydrogen) atoms. The zero-order valence-electron chi connectivity index (χ0n) is 9.81. The highest BCUT2D eigenvalue weighted by molar-refractivity contribution is 6.42. The molecular weight excluding hydrogens is 253 g/mol. The van der Waals surface area contributed by atoms with Crippen molar-refractivity contribution in [1.82, 2.24) is 5.32 Å². The highest BCUT2D eigenvalue weighted by Crippen LogP contribution is 2.46. The summed E-state index contributed by atoms with van der Waals surface area (Å²) >= 11 is 12.2. The van der Waals surface area contributed by atoms with Gasteiger partial charge in [-0.25, -0.2) is 0 Å². The van der Waals surface area contributed by atoms with Crippen LogP contribution >= 0.6 is 23.2 Å². The standard InChI is InChI=1S/C14H17Cl2N/c15-12-5-4-10(7-13(12)16)14-6-2-1-3-11(14)8-17-9-14/h4-5,7,11,17H,1-3,6,8-9H2. The summed E-state index contributed by atoms with van der Waals surface area (Å²) in [6.07, 6.45) is 5.32. The van der Waals surface area contributed by atoms with Crippen LogP contribution in [0.2, 0.25) is 10.0 Å². The van der Waals surface area contributed by atoms with Gasteiger partial charge in [0.25, 0.3) is 0 Å². The van der Waals surface area contributed by atoms with Crippen LogP contribution in [0, 0.1) is 5.92 Å². The molecule has 1 aromatic rings. The number of rotatable bonds is 1. The maximum atomic E-state index is 6.17. The van der Waals surface area contributed by atoms with Crippen molar-refractivity contribution >= 4 is 23.2 Å². The lowest BCUT2D eigenvalue weighted by Gasteiger charge is -2.39. The summed E-state index contributed by atoms with van der Waals surface area (Å²) < 4.78 is 0. The Labute approximate surface area is 112 Å². The normalized spacial score (nSPS) is 32.5. The molecule has 1 heterocycles. The third kappa shape index (κ3) is 1.89. The SMILES string of the molecule is Clc1ccc(C23CCCCC2CNC3)cc1Cl. The zero-order chi connectivity index (χ0) is 11.9. The maximum absolute atomic E-state index is 6.17. The number of halogens is 2. The van der Waals surface area contributed by atoms with Gasteiger partial charge in [-0.05, 0) is 43.0 Å². The molecule has 0 bridgehead atoms. The average Bonchev–Trinajstić information content (AvgIpc) is 2.77. The summed E-state index contributed by atoms with van der Waals surface area (Å²) in [6, 6.07) is 6.19. The molecule has 0 spiro atoms. The topological polar surface area (TPSA) is 12.0 Å². The first-order valence-electron chi connectivity index (χ1n) is 6.39. The molecule has 1 saturated heterocycles. The second-order valence-electron chi connectivity index (χ2n) is 5.36. The molecule has 2 fully saturated rings. The quantitative estimate of drug-likeness (QED) is 0.812. The van der Waals surface area contributed by atoms with E-state index in [4.69, 9.17) is 23.2 Å². The van der Waals surface area contributed by atoms with E-state index in [1.807, 2.05) is 6.07 Å². The summed E-state index contributed by atoms with van der Waals surface area (Å²) in [5.74, 6) is 0.772. The van der Waals surface area contributed by atoms with Gasteiger partial charge in [0.15, 0.2) is 0 Å². The fourth-order valence-corrected chi connectivity index (χ4v) is 3.90. The summed E-state index contributed by atoms with van der Waals surface area (Å²) in [5, 5.41) is 4.91. The molecule has 3 heteroatoms.